The summed E-state index contributed by atoms with van der Waals surface area (Å²) in [6.07, 6.45) is 4.10. The molecule has 1 aromatic rings. The number of hydrogen-bond donors (Lipinski definition) is 1. The molecule has 0 radical (unpaired) electrons. The average molecular weight is 177 g/mol. The number of ether oxygens (including phenoxy) is 1. The predicted molar refractivity (Wildman–Crippen MR) is 55.7 cm³/mol. The lowest BCUT2D eigenvalue weighted by molar-refractivity contribution is 0.358. The summed E-state index contributed by atoms with van der Waals surface area (Å²) in [6, 6.07) is 8.03. The lowest BCUT2D eigenvalue weighted by atomic mass is 10.1. The molecule has 1 heterocycles. The molecule has 0 aliphatic carbocycles. The van der Waals surface area contributed by atoms with Crippen LogP contribution in [0.25, 0.3) is 6.08 Å². The van der Waals surface area contributed by atoms with E-state index in [0.717, 1.165) is 12.3 Å². The molecule has 2 N–H and O–H groups in total. The van der Waals surface area contributed by atoms with E-state index in [2.05, 4.69) is 6.08 Å². The van der Waals surface area contributed by atoms with Crippen LogP contribution >= 0.6 is 0 Å². The second kappa shape index (κ2) is 5.38. The molecular weight excluding hydrogens is 162 g/mol. The van der Waals surface area contributed by atoms with E-state index in [9.17, 15) is 0 Å². The normalized spacial score (nSPS) is 12.2. The molecule has 0 spiro atoms. The zero-order valence-corrected chi connectivity index (χ0v) is 7.86. The fourth-order valence-corrected chi connectivity index (χ4v) is 1.06. The average Bonchev–Trinajstić information content (AvgIpc) is 2.19. The van der Waals surface area contributed by atoms with Crippen molar-refractivity contribution in [3.63, 3.8) is 0 Å². The summed E-state index contributed by atoms with van der Waals surface area (Å²) in [5, 5.41) is 0. The fraction of sp³-hybridized carbons (Fsp3) is 0.273. The number of benzene rings is 1. The van der Waals surface area contributed by atoms with Crippen LogP contribution in [0, 0.1) is 0 Å². The van der Waals surface area contributed by atoms with Crippen molar-refractivity contribution in [2.45, 2.75) is 6.92 Å². The van der Waals surface area contributed by atoms with Crippen LogP contribution in [-0.2, 0) is 0 Å². The van der Waals surface area contributed by atoms with Crippen molar-refractivity contribution in [3.8, 4) is 5.75 Å². The quantitative estimate of drug-likeness (QED) is 0.658. The highest BCUT2D eigenvalue weighted by Gasteiger charge is 2.01. The van der Waals surface area contributed by atoms with Gasteiger partial charge in [0, 0.05) is 5.56 Å². The van der Waals surface area contributed by atoms with Gasteiger partial charge in [-0.3, -0.25) is 0 Å². The van der Waals surface area contributed by atoms with E-state index in [-0.39, 0.29) is 0 Å². The van der Waals surface area contributed by atoms with Gasteiger partial charge in [0.15, 0.2) is 0 Å². The Labute approximate surface area is 79.0 Å². The van der Waals surface area contributed by atoms with E-state index < -0.39 is 0 Å². The minimum absolute atomic E-state index is 0.705. The minimum atomic E-state index is 0.705. The van der Waals surface area contributed by atoms with Crippen LogP contribution < -0.4 is 10.5 Å². The molecule has 70 valence electrons. The van der Waals surface area contributed by atoms with Gasteiger partial charge in [0.25, 0.3) is 0 Å². The van der Waals surface area contributed by atoms with Gasteiger partial charge in [-0.2, -0.15) is 0 Å². The molecule has 0 bridgehead atoms. The fourth-order valence-electron chi connectivity index (χ4n) is 1.06. The first-order chi connectivity index (χ1) is 6.38. The third-order valence-electron chi connectivity index (χ3n) is 1.55. The Morgan fingerprint density at radius 3 is 2.77 bits per heavy atom. The van der Waals surface area contributed by atoms with E-state index in [4.69, 9.17) is 10.5 Å². The molecule has 0 unspecified atom stereocenters. The van der Waals surface area contributed by atoms with Crippen molar-refractivity contribution in [3.05, 3.63) is 35.9 Å². The highest BCUT2D eigenvalue weighted by molar-refractivity contribution is 5.58. The van der Waals surface area contributed by atoms with Crippen LogP contribution in [-0.4, -0.2) is 13.2 Å². The third kappa shape index (κ3) is 2.92. The number of fused-ring (bicyclic) bond motifs is 1. The highest BCUT2D eigenvalue weighted by atomic mass is 16.5. The summed E-state index contributed by atoms with van der Waals surface area (Å²) in [4.78, 5) is 0. The lowest BCUT2D eigenvalue weighted by Gasteiger charge is -2.10. The van der Waals surface area contributed by atoms with Crippen LogP contribution in [0.2, 0.25) is 0 Å². The monoisotopic (exact) mass is 177 g/mol. The molecule has 13 heavy (non-hydrogen) atoms. The zero-order chi connectivity index (χ0) is 9.52. The third-order valence-corrected chi connectivity index (χ3v) is 1.55. The molecule has 1 aliphatic rings. The van der Waals surface area contributed by atoms with Crippen LogP contribution in [0.3, 0.4) is 0 Å². The van der Waals surface area contributed by atoms with Crippen molar-refractivity contribution in [1.82, 2.24) is 0 Å². The molecule has 0 aromatic heterocycles. The maximum absolute atomic E-state index is 5.34. The highest BCUT2D eigenvalue weighted by Crippen LogP contribution is 2.21. The van der Waals surface area contributed by atoms with Crippen LogP contribution in [0.15, 0.2) is 30.3 Å². The van der Waals surface area contributed by atoms with Gasteiger partial charge in [-0.15, -0.1) is 0 Å². The minimum Gasteiger partial charge on any atom is -0.489 e. The van der Waals surface area contributed by atoms with Gasteiger partial charge in [0.1, 0.15) is 12.4 Å². The van der Waals surface area contributed by atoms with Gasteiger partial charge in [0.05, 0.1) is 0 Å². The van der Waals surface area contributed by atoms with E-state index in [1.807, 2.05) is 37.3 Å². The smallest absolute Gasteiger partial charge is 0.126 e. The molecule has 1 aromatic carbocycles. The Bertz CT molecular complexity index is 281. The molecule has 0 saturated carbocycles. The molecule has 0 saturated heterocycles. The van der Waals surface area contributed by atoms with Crippen molar-refractivity contribution in [2.75, 3.05) is 13.2 Å². The van der Waals surface area contributed by atoms with Crippen molar-refractivity contribution in [1.29, 1.82) is 0 Å². The Morgan fingerprint density at radius 2 is 2.08 bits per heavy atom. The van der Waals surface area contributed by atoms with Gasteiger partial charge in [0.2, 0.25) is 0 Å². The maximum atomic E-state index is 5.34. The Kier molecular flexibility index (Phi) is 4.06. The summed E-state index contributed by atoms with van der Waals surface area (Å²) in [6.45, 7) is 3.36. The van der Waals surface area contributed by atoms with Gasteiger partial charge >= 0.3 is 0 Å². The predicted octanol–water partition coefficient (Wildman–Crippen LogP) is 2.06. The van der Waals surface area contributed by atoms with E-state index in [1.165, 1.54) is 5.56 Å². The summed E-state index contributed by atoms with van der Waals surface area (Å²) >= 11 is 0. The van der Waals surface area contributed by atoms with Crippen molar-refractivity contribution in [2.24, 2.45) is 5.73 Å². The van der Waals surface area contributed by atoms with E-state index in [1.54, 1.807) is 0 Å². The van der Waals surface area contributed by atoms with Gasteiger partial charge in [-0.05, 0) is 18.7 Å². The Hall–Kier alpha value is -1.28. The van der Waals surface area contributed by atoms with Gasteiger partial charge in [-0.1, -0.05) is 31.2 Å². The SMILES string of the molecule is C1=Cc2ccccc2OC1.CCN. The van der Waals surface area contributed by atoms with Crippen LogP contribution in [0.5, 0.6) is 5.75 Å². The molecule has 2 rings (SSSR count). The first-order valence-corrected chi connectivity index (χ1v) is 4.47. The topological polar surface area (TPSA) is 35.2 Å². The van der Waals surface area contributed by atoms with Crippen LogP contribution in [0.4, 0.5) is 0 Å². The number of para-hydroxylation sites is 1. The number of hydrogen-bond acceptors (Lipinski definition) is 2. The van der Waals surface area contributed by atoms with Crippen molar-refractivity contribution >= 4 is 6.08 Å². The van der Waals surface area contributed by atoms with E-state index in [0.29, 0.717) is 6.61 Å². The molecule has 2 heteroatoms. The summed E-state index contributed by atoms with van der Waals surface area (Å²) in [7, 11) is 0. The largest absolute Gasteiger partial charge is 0.489 e. The van der Waals surface area contributed by atoms with Crippen LogP contribution in [0.1, 0.15) is 12.5 Å². The zero-order valence-electron chi connectivity index (χ0n) is 7.86. The Balaban J connectivity index is 0.000000251. The second-order valence-electron chi connectivity index (χ2n) is 2.66. The summed E-state index contributed by atoms with van der Waals surface area (Å²) < 4.78 is 5.34. The summed E-state index contributed by atoms with van der Waals surface area (Å²) in [5.41, 5.74) is 6.02. The first kappa shape index (κ1) is 9.81. The second-order valence-corrected chi connectivity index (χ2v) is 2.66. The molecule has 0 amide bonds. The van der Waals surface area contributed by atoms with E-state index >= 15 is 0 Å². The Morgan fingerprint density at radius 1 is 1.38 bits per heavy atom. The summed E-state index contributed by atoms with van der Waals surface area (Å²) in [5.74, 6) is 0.991. The molecule has 0 atom stereocenters. The van der Waals surface area contributed by atoms with Gasteiger partial charge < -0.3 is 10.5 Å². The van der Waals surface area contributed by atoms with Gasteiger partial charge in [-0.25, -0.2) is 0 Å². The molecular formula is C11H15NO. The molecule has 0 fully saturated rings. The van der Waals surface area contributed by atoms with Crippen molar-refractivity contribution < 1.29 is 4.74 Å². The lowest BCUT2D eigenvalue weighted by Crippen LogP contribution is -1.98. The number of nitrogens with two attached hydrogens (primary N) is 1. The number of rotatable bonds is 0. The standard InChI is InChI=1S/C9H8O.C2H7N/c1-2-6-9-8(4-1)5-3-7-10-9;1-2-3/h1-6H,7H2;2-3H2,1H3. The first-order valence-electron chi connectivity index (χ1n) is 4.47. The molecule has 2 nitrogen and oxygen atoms in total. The maximum Gasteiger partial charge on any atom is 0.126 e. The molecule has 1 aliphatic heterocycles.